The van der Waals surface area contributed by atoms with E-state index in [-0.39, 0.29) is 18.6 Å². The average Bonchev–Trinajstić information content (AvgIpc) is 2.92. The number of carbonyl (C=O) groups is 1. The van der Waals surface area contributed by atoms with Crippen LogP contribution in [-0.4, -0.2) is 22.7 Å². The van der Waals surface area contributed by atoms with Crippen LogP contribution in [0.25, 0.3) is 0 Å². The van der Waals surface area contributed by atoms with Gasteiger partial charge in [-0.25, -0.2) is 0 Å². The molecule has 0 fully saturated rings. The molecule has 2 aromatic rings. The lowest BCUT2D eigenvalue weighted by Crippen LogP contribution is -2.31. The van der Waals surface area contributed by atoms with E-state index in [1.54, 1.807) is 36.7 Å². The lowest BCUT2D eigenvalue weighted by atomic mass is 10.2. The Morgan fingerprint density at radius 1 is 1.47 bits per heavy atom. The van der Waals surface area contributed by atoms with Gasteiger partial charge in [-0.2, -0.15) is 5.10 Å². The Hall–Kier alpha value is -2.01. The summed E-state index contributed by atoms with van der Waals surface area (Å²) < 4.78 is 5.35. The lowest BCUT2D eigenvalue weighted by Gasteiger charge is -2.12. The molecule has 5 nitrogen and oxygen atoms in total. The topological polar surface area (TPSA) is 67.0 Å². The molecule has 1 aromatic carbocycles. The third kappa shape index (κ3) is 3.99. The van der Waals surface area contributed by atoms with Crippen LogP contribution >= 0.6 is 11.6 Å². The zero-order chi connectivity index (χ0) is 13.7. The summed E-state index contributed by atoms with van der Waals surface area (Å²) in [6.45, 7) is 1.84. The van der Waals surface area contributed by atoms with E-state index in [0.29, 0.717) is 10.8 Å². The number of rotatable bonds is 5. The van der Waals surface area contributed by atoms with Gasteiger partial charge in [0.05, 0.1) is 12.2 Å². The third-order valence-electron chi connectivity index (χ3n) is 2.58. The number of aromatic nitrogens is 2. The van der Waals surface area contributed by atoms with Crippen molar-refractivity contribution >= 4 is 17.5 Å². The lowest BCUT2D eigenvalue weighted by molar-refractivity contribution is -0.123. The molecule has 0 bridgehead atoms. The van der Waals surface area contributed by atoms with Gasteiger partial charge in [-0.15, -0.1) is 0 Å². The second kappa shape index (κ2) is 6.24. The molecule has 1 atom stereocenters. The van der Waals surface area contributed by atoms with Crippen LogP contribution in [0.3, 0.4) is 0 Å². The molecule has 2 N–H and O–H groups in total. The molecule has 0 aliphatic carbocycles. The largest absolute Gasteiger partial charge is 0.484 e. The van der Waals surface area contributed by atoms with E-state index in [9.17, 15) is 4.79 Å². The Morgan fingerprint density at radius 3 is 2.84 bits per heavy atom. The van der Waals surface area contributed by atoms with Crippen LogP contribution in [0.1, 0.15) is 18.5 Å². The van der Waals surface area contributed by atoms with Gasteiger partial charge in [-0.1, -0.05) is 11.6 Å². The van der Waals surface area contributed by atoms with Crippen molar-refractivity contribution in [2.75, 3.05) is 6.61 Å². The summed E-state index contributed by atoms with van der Waals surface area (Å²) in [6.07, 6.45) is 3.41. The minimum atomic E-state index is -0.191. The van der Waals surface area contributed by atoms with Gasteiger partial charge < -0.3 is 10.1 Å². The molecule has 100 valence electrons. The van der Waals surface area contributed by atoms with Crippen molar-refractivity contribution in [1.82, 2.24) is 15.5 Å². The summed E-state index contributed by atoms with van der Waals surface area (Å²) in [5, 5.41) is 9.98. The highest BCUT2D eigenvalue weighted by Gasteiger charge is 2.10. The number of hydrogen-bond acceptors (Lipinski definition) is 3. The summed E-state index contributed by atoms with van der Waals surface area (Å²) >= 11 is 5.76. The molecule has 1 heterocycles. The summed E-state index contributed by atoms with van der Waals surface area (Å²) in [4.78, 5) is 11.7. The minimum absolute atomic E-state index is 0.0379. The highest BCUT2D eigenvalue weighted by Crippen LogP contribution is 2.15. The molecule has 0 radical (unpaired) electrons. The first-order valence-corrected chi connectivity index (χ1v) is 6.19. The Morgan fingerprint density at radius 2 is 2.21 bits per heavy atom. The van der Waals surface area contributed by atoms with Gasteiger partial charge in [-0.05, 0) is 31.2 Å². The molecule has 1 aromatic heterocycles. The Labute approximate surface area is 115 Å². The predicted octanol–water partition coefficient (Wildman–Crippen LogP) is 2.32. The van der Waals surface area contributed by atoms with E-state index in [0.717, 1.165) is 5.56 Å². The van der Waals surface area contributed by atoms with Crippen molar-refractivity contribution in [2.24, 2.45) is 0 Å². The smallest absolute Gasteiger partial charge is 0.258 e. The normalized spacial score (nSPS) is 11.9. The third-order valence-corrected chi connectivity index (χ3v) is 2.83. The average molecular weight is 280 g/mol. The van der Waals surface area contributed by atoms with Gasteiger partial charge in [0.1, 0.15) is 5.75 Å². The van der Waals surface area contributed by atoms with E-state index < -0.39 is 0 Å². The molecule has 19 heavy (non-hydrogen) atoms. The molecular formula is C13H14ClN3O2. The maximum atomic E-state index is 11.7. The van der Waals surface area contributed by atoms with Gasteiger partial charge in [0, 0.05) is 16.8 Å². The Balaban J connectivity index is 1.80. The van der Waals surface area contributed by atoms with Gasteiger partial charge in [0.15, 0.2) is 6.61 Å². The molecule has 0 aliphatic rings. The van der Waals surface area contributed by atoms with Crippen molar-refractivity contribution in [2.45, 2.75) is 13.0 Å². The Kier molecular flexibility index (Phi) is 4.41. The van der Waals surface area contributed by atoms with E-state index in [4.69, 9.17) is 16.3 Å². The van der Waals surface area contributed by atoms with E-state index in [1.165, 1.54) is 0 Å². The fourth-order valence-corrected chi connectivity index (χ4v) is 1.67. The number of hydrogen-bond donors (Lipinski definition) is 2. The van der Waals surface area contributed by atoms with Crippen LogP contribution in [0.15, 0.2) is 36.7 Å². The van der Waals surface area contributed by atoms with Crippen LogP contribution in [0, 0.1) is 0 Å². The van der Waals surface area contributed by atoms with E-state index >= 15 is 0 Å². The first kappa shape index (κ1) is 13.4. The van der Waals surface area contributed by atoms with Crippen LogP contribution in [0.4, 0.5) is 0 Å². The minimum Gasteiger partial charge on any atom is -0.484 e. The standard InChI is InChI=1S/C13H14ClN3O2/c1-9(10-6-15-16-7-10)17-13(18)8-19-12-4-2-11(14)3-5-12/h2-7,9H,8H2,1H3,(H,15,16)(H,17,18). The monoisotopic (exact) mass is 279 g/mol. The number of ether oxygens (including phenoxy) is 1. The zero-order valence-electron chi connectivity index (χ0n) is 10.4. The van der Waals surface area contributed by atoms with Crippen molar-refractivity contribution in [1.29, 1.82) is 0 Å². The van der Waals surface area contributed by atoms with Crippen molar-refractivity contribution in [3.8, 4) is 5.75 Å². The number of H-pyrrole nitrogens is 1. The number of carbonyl (C=O) groups excluding carboxylic acids is 1. The van der Waals surface area contributed by atoms with Crippen LogP contribution in [0.2, 0.25) is 5.02 Å². The number of aromatic amines is 1. The molecule has 6 heteroatoms. The van der Waals surface area contributed by atoms with Crippen LogP contribution < -0.4 is 10.1 Å². The van der Waals surface area contributed by atoms with Crippen molar-refractivity contribution in [3.05, 3.63) is 47.2 Å². The number of halogens is 1. The fourth-order valence-electron chi connectivity index (χ4n) is 1.54. The molecule has 0 saturated heterocycles. The number of nitrogens with zero attached hydrogens (tertiary/aromatic N) is 1. The van der Waals surface area contributed by atoms with Crippen LogP contribution in [0.5, 0.6) is 5.75 Å². The van der Waals surface area contributed by atoms with Gasteiger partial charge in [-0.3, -0.25) is 9.89 Å². The van der Waals surface area contributed by atoms with E-state index in [1.807, 2.05) is 6.92 Å². The summed E-state index contributed by atoms with van der Waals surface area (Å²) in [5.74, 6) is 0.416. The summed E-state index contributed by atoms with van der Waals surface area (Å²) in [6, 6.07) is 6.75. The van der Waals surface area contributed by atoms with Crippen molar-refractivity contribution in [3.63, 3.8) is 0 Å². The number of benzene rings is 1. The Bertz CT molecular complexity index is 525. The van der Waals surface area contributed by atoms with Crippen molar-refractivity contribution < 1.29 is 9.53 Å². The highest BCUT2D eigenvalue weighted by atomic mass is 35.5. The second-order valence-corrected chi connectivity index (χ2v) is 4.50. The molecule has 0 saturated carbocycles. The molecule has 0 aliphatic heterocycles. The molecule has 0 spiro atoms. The predicted molar refractivity (Wildman–Crippen MR) is 72.1 cm³/mol. The highest BCUT2D eigenvalue weighted by molar-refractivity contribution is 6.30. The fraction of sp³-hybridized carbons (Fsp3) is 0.231. The van der Waals surface area contributed by atoms with E-state index in [2.05, 4.69) is 15.5 Å². The molecular weight excluding hydrogens is 266 g/mol. The number of amides is 1. The summed E-state index contributed by atoms with van der Waals surface area (Å²) in [5.41, 5.74) is 0.917. The molecule has 2 rings (SSSR count). The van der Waals surface area contributed by atoms with Gasteiger partial charge in [0.25, 0.3) is 5.91 Å². The SMILES string of the molecule is CC(NC(=O)COc1ccc(Cl)cc1)c1cn[nH]c1. The summed E-state index contributed by atoms with van der Waals surface area (Å²) in [7, 11) is 0. The molecule has 1 unspecified atom stereocenters. The maximum absolute atomic E-state index is 11.7. The van der Waals surface area contributed by atoms with Crippen LogP contribution in [-0.2, 0) is 4.79 Å². The quantitative estimate of drug-likeness (QED) is 0.883. The maximum Gasteiger partial charge on any atom is 0.258 e. The first-order valence-electron chi connectivity index (χ1n) is 5.81. The van der Waals surface area contributed by atoms with Gasteiger partial charge >= 0.3 is 0 Å². The number of nitrogens with one attached hydrogen (secondary N) is 2. The molecule has 1 amide bonds. The van der Waals surface area contributed by atoms with Gasteiger partial charge in [0.2, 0.25) is 0 Å². The second-order valence-electron chi connectivity index (χ2n) is 4.06. The first-order chi connectivity index (χ1) is 9.15. The zero-order valence-corrected chi connectivity index (χ0v) is 11.1.